The zero-order chi connectivity index (χ0) is 11.5. The minimum Gasteiger partial charge on any atom is -0.326 e. The van der Waals surface area contributed by atoms with Gasteiger partial charge in [0.15, 0.2) is 0 Å². The Balaban J connectivity index is 1.83. The Morgan fingerprint density at radius 3 is 2.38 bits per heavy atom. The van der Waals surface area contributed by atoms with Gasteiger partial charge in [-0.3, -0.25) is 4.90 Å². The van der Waals surface area contributed by atoms with Gasteiger partial charge in [0.2, 0.25) is 0 Å². The zero-order valence-electron chi connectivity index (χ0n) is 10.9. The topological polar surface area (TPSA) is 32.5 Å². The van der Waals surface area contributed by atoms with Gasteiger partial charge >= 0.3 is 0 Å². The number of likely N-dealkylation sites (N-methyl/N-ethyl adjacent to an activating group) is 1. The van der Waals surface area contributed by atoms with Gasteiger partial charge < -0.3 is 10.6 Å². The lowest BCUT2D eigenvalue weighted by Crippen LogP contribution is -2.51. The predicted octanol–water partition coefficient (Wildman–Crippen LogP) is 1.28. The number of rotatable bonds is 3. The first-order valence-corrected chi connectivity index (χ1v) is 6.92. The SMILES string of the molecule is CCN1CCC(N(C)C2CCCC2N)CC1. The molecule has 0 aromatic heterocycles. The van der Waals surface area contributed by atoms with Gasteiger partial charge in [-0.25, -0.2) is 0 Å². The van der Waals surface area contributed by atoms with Gasteiger partial charge in [0.1, 0.15) is 0 Å². The maximum absolute atomic E-state index is 6.19. The highest BCUT2D eigenvalue weighted by molar-refractivity contribution is 4.91. The van der Waals surface area contributed by atoms with Crippen molar-refractivity contribution < 1.29 is 0 Å². The molecule has 1 heterocycles. The van der Waals surface area contributed by atoms with E-state index in [0.29, 0.717) is 12.1 Å². The fourth-order valence-corrected chi connectivity index (χ4v) is 3.39. The Hall–Kier alpha value is -0.120. The summed E-state index contributed by atoms with van der Waals surface area (Å²) < 4.78 is 0. The third-order valence-electron chi connectivity index (χ3n) is 4.63. The average molecular weight is 225 g/mol. The van der Waals surface area contributed by atoms with E-state index in [1.807, 2.05) is 0 Å². The quantitative estimate of drug-likeness (QED) is 0.785. The van der Waals surface area contributed by atoms with E-state index in [1.54, 1.807) is 0 Å². The van der Waals surface area contributed by atoms with Crippen molar-refractivity contribution >= 4 is 0 Å². The number of nitrogens with two attached hydrogens (primary N) is 1. The van der Waals surface area contributed by atoms with Crippen LogP contribution in [-0.2, 0) is 0 Å². The molecule has 1 saturated carbocycles. The highest BCUT2D eigenvalue weighted by Gasteiger charge is 2.32. The van der Waals surface area contributed by atoms with Crippen molar-refractivity contribution in [2.75, 3.05) is 26.7 Å². The monoisotopic (exact) mass is 225 g/mol. The minimum atomic E-state index is 0.425. The van der Waals surface area contributed by atoms with E-state index in [-0.39, 0.29) is 0 Å². The second-order valence-corrected chi connectivity index (χ2v) is 5.49. The molecular weight excluding hydrogens is 198 g/mol. The summed E-state index contributed by atoms with van der Waals surface area (Å²) in [6.07, 6.45) is 6.51. The van der Waals surface area contributed by atoms with E-state index >= 15 is 0 Å². The average Bonchev–Trinajstić information content (AvgIpc) is 2.75. The maximum Gasteiger partial charge on any atom is 0.0247 e. The molecule has 0 aromatic rings. The van der Waals surface area contributed by atoms with Gasteiger partial charge in [0.25, 0.3) is 0 Å². The summed E-state index contributed by atoms with van der Waals surface area (Å²) in [6, 6.07) is 1.85. The summed E-state index contributed by atoms with van der Waals surface area (Å²) in [6.45, 7) is 6.01. The van der Waals surface area contributed by atoms with Crippen molar-refractivity contribution in [1.82, 2.24) is 9.80 Å². The standard InChI is InChI=1S/C13H27N3/c1-3-16-9-7-11(8-10-16)15(2)13-6-4-5-12(13)14/h11-13H,3-10,14H2,1-2H3. The fraction of sp³-hybridized carbons (Fsp3) is 1.00. The van der Waals surface area contributed by atoms with E-state index < -0.39 is 0 Å². The van der Waals surface area contributed by atoms with Crippen LogP contribution < -0.4 is 5.73 Å². The molecule has 0 aromatic carbocycles. The highest BCUT2D eigenvalue weighted by atomic mass is 15.2. The number of hydrogen-bond donors (Lipinski definition) is 1. The van der Waals surface area contributed by atoms with E-state index in [0.717, 1.165) is 6.04 Å². The molecule has 1 aliphatic heterocycles. The molecule has 0 spiro atoms. The normalized spacial score (nSPS) is 33.8. The Bertz CT molecular complexity index is 211. The molecule has 0 bridgehead atoms. The minimum absolute atomic E-state index is 0.425. The van der Waals surface area contributed by atoms with Crippen molar-refractivity contribution in [3.05, 3.63) is 0 Å². The van der Waals surface area contributed by atoms with E-state index in [2.05, 4.69) is 23.8 Å². The number of nitrogens with zero attached hydrogens (tertiary/aromatic N) is 2. The summed E-state index contributed by atoms with van der Waals surface area (Å²) in [5.41, 5.74) is 6.19. The van der Waals surface area contributed by atoms with Crippen LogP contribution in [0.25, 0.3) is 0 Å². The Morgan fingerprint density at radius 1 is 1.19 bits per heavy atom. The summed E-state index contributed by atoms with van der Waals surface area (Å²) >= 11 is 0. The van der Waals surface area contributed by atoms with Gasteiger partial charge in [-0.2, -0.15) is 0 Å². The lowest BCUT2D eigenvalue weighted by molar-refractivity contribution is 0.0946. The van der Waals surface area contributed by atoms with Crippen molar-refractivity contribution in [1.29, 1.82) is 0 Å². The van der Waals surface area contributed by atoms with Crippen molar-refractivity contribution in [3.63, 3.8) is 0 Å². The third kappa shape index (κ3) is 2.58. The van der Waals surface area contributed by atoms with Crippen LogP contribution in [0.15, 0.2) is 0 Å². The molecule has 3 nitrogen and oxygen atoms in total. The maximum atomic E-state index is 6.19. The molecule has 16 heavy (non-hydrogen) atoms. The molecular formula is C13H27N3. The van der Waals surface area contributed by atoms with Crippen LogP contribution in [-0.4, -0.2) is 54.6 Å². The van der Waals surface area contributed by atoms with Crippen molar-refractivity contribution in [2.45, 2.75) is 57.2 Å². The van der Waals surface area contributed by atoms with Crippen LogP contribution in [0.5, 0.6) is 0 Å². The largest absolute Gasteiger partial charge is 0.326 e. The fourth-order valence-electron chi connectivity index (χ4n) is 3.39. The first-order valence-electron chi connectivity index (χ1n) is 6.92. The molecule has 2 rings (SSSR count). The summed E-state index contributed by atoms with van der Waals surface area (Å²) in [5.74, 6) is 0. The van der Waals surface area contributed by atoms with Gasteiger partial charge in [-0.15, -0.1) is 0 Å². The molecule has 2 aliphatic rings. The van der Waals surface area contributed by atoms with E-state index in [1.165, 1.54) is 51.7 Å². The lowest BCUT2D eigenvalue weighted by Gasteiger charge is -2.40. The number of hydrogen-bond acceptors (Lipinski definition) is 3. The van der Waals surface area contributed by atoms with Crippen LogP contribution in [0.2, 0.25) is 0 Å². The molecule has 3 heteroatoms. The predicted molar refractivity (Wildman–Crippen MR) is 68.5 cm³/mol. The second-order valence-electron chi connectivity index (χ2n) is 5.49. The Labute approximate surface area is 100.0 Å². The van der Waals surface area contributed by atoms with Crippen LogP contribution in [0.4, 0.5) is 0 Å². The highest BCUT2D eigenvalue weighted by Crippen LogP contribution is 2.26. The number of likely N-dealkylation sites (tertiary alicyclic amines) is 1. The van der Waals surface area contributed by atoms with E-state index in [4.69, 9.17) is 5.73 Å². The molecule has 0 amide bonds. The van der Waals surface area contributed by atoms with Crippen LogP contribution in [0, 0.1) is 0 Å². The first-order chi connectivity index (χ1) is 7.72. The summed E-state index contributed by atoms with van der Waals surface area (Å²) in [7, 11) is 2.29. The lowest BCUT2D eigenvalue weighted by atomic mass is 10.0. The Morgan fingerprint density at radius 2 is 1.88 bits per heavy atom. The number of piperidine rings is 1. The molecule has 0 radical (unpaired) electrons. The molecule has 2 atom stereocenters. The van der Waals surface area contributed by atoms with Gasteiger partial charge in [-0.1, -0.05) is 13.3 Å². The van der Waals surface area contributed by atoms with E-state index in [9.17, 15) is 0 Å². The molecule has 2 unspecified atom stereocenters. The summed E-state index contributed by atoms with van der Waals surface area (Å²) in [4.78, 5) is 5.14. The van der Waals surface area contributed by atoms with Crippen LogP contribution in [0.3, 0.4) is 0 Å². The smallest absolute Gasteiger partial charge is 0.0247 e. The summed E-state index contributed by atoms with van der Waals surface area (Å²) in [5, 5.41) is 0. The first kappa shape index (κ1) is 12.3. The molecule has 1 aliphatic carbocycles. The van der Waals surface area contributed by atoms with Crippen LogP contribution in [0.1, 0.15) is 39.0 Å². The molecule has 1 saturated heterocycles. The van der Waals surface area contributed by atoms with Crippen molar-refractivity contribution in [3.8, 4) is 0 Å². The van der Waals surface area contributed by atoms with Gasteiger partial charge in [0.05, 0.1) is 0 Å². The Kier molecular flexibility index (Phi) is 4.22. The zero-order valence-corrected chi connectivity index (χ0v) is 10.9. The van der Waals surface area contributed by atoms with Gasteiger partial charge in [0, 0.05) is 18.1 Å². The van der Waals surface area contributed by atoms with Gasteiger partial charge in [-0.05, 0) is 52.4 Å². The van der Waals surface area contributed by atoms with Crippen molar-refractivity contribution in [2.24, 2.45) is 5.73 Å². The second kappa shape index (κ2) is 5.48. The molecule has 94 valence electrons. The molecule has 2 fully saturated rings. The third-order valence-corrected chi connectivity index (χ3v) is 4.63. The molecule has 2 N–H and O–H groups in total. The van der Waals surface area contributed by atoms with Crippen LogP contribution >= 0.6 is 0 Å².